The standard InChI is InChI=1S/C23H23F7N4O2/c1-33(2)9-8-32-13-14(12-31)18-10-15(22(25,26)27)11-19(23(28,29)30)20(18)36-21(35)34(3)17-6-4-16(24)5-7-17/h4-7,10-13,31-32H,8-9H2,1-3H3/b14-13+,31-12?. The van der Waals surface area contributed by atoms with Crippen LogP contribution in [0.1, 0.15) is 16.7 Å². The van der Waals surface area contributed by atoms with Crippen molar-refractivity contribution < 1.29 is 40.3 Å². The molecule has 0 aliphatic heterocycles. The molecule has 0 radical (unpaired) electrons. The lowest BCUT2D eigenvalue weighted by atomic mass is 9.98. The van der Waals surface area contributed by atoms with E-state index in [1.807, 2.05) is 0 Å². The summed E-state index contributed by atoms with van der Waals surface area (Å²) in [7, 11) is 4.63. The van der Waals surface area contributed by atoms with Gasteiger partial charge >= 0.3 is 18.4 Å². The summed E-state index contributed by atoms with van der Waals surface area (Å²) in [5.74, 6) is -1.84. The maximum Gasteiger partial charge on any atom is 0.420 e. The number of nitrogens with one attached hydrogen (secondary N) is 2. The first-order chi connectivity index (χ1) is 16.6. The van der Waals surface area contributed by atoms with Gasteiger partial charge in [0.15, 0.2) is 5.75 Å². The fourth-order valence-corrected chi connectivity index (χ4v) is 2.92. The van der Waals surface area contributed by atoms with Crippen molar-refractivity contribution in [3.8, 4) is 5.75 Å². The Kier molecular flexibility index (Phi) is 9.08. The molecule has 1 amide bonds. The average molecular weight is 520 g/mol. The second kappa shape index (κ2) is 11.4. The maximum atomic E-state index is 13.9. The highest BCUT2D eigenvalue weighted by molar-refractivity contribution is 6.10. The molecule has 0 aliphatic carbocycles. The van der Waals surface area contributed by atoms with Crippen molar-refractivity contribution in [1.29, 1.82) is 5.41 Å². The summed E-state index contributed by atoms with van der Waals surface area (Å²) in [4.78, 5) is 15.2. The molecule has 2 aromatic rings. The molecule has 2 rings (SSSR count). The predicted molar refractivity (Wildman–Crippen MR) is 121 cm³/mol. The Bertz CT molecular complexity index is 1110. The number of halogens is 7. The fraction of sp³-hybridized carbons (Fsp3) is 0.304. The molecular formula is C23H23F7N4O2. The van der Waals surface area contributed by atoms with E-state index in [1.165, 1.54) is 0 Å². The minimum absolute atomic E-state index is 0.0524. The van der Waals surface area contributed by atoms with E-state index in [4.69, 9.17) is 10.1 Å². The van der Waals surface area contributed by atoms with Gasteiger partial charge in [-0.15, -0.1) is 0 Å². The van der Waals surface area contributed by atoms with Crippen LogP contribution in [-0.2, 0) is 12.4 Å². The smallest absolute Gasteiger partial charge is 0.409 e. The molecule has 0 unspecified atom stereocenters. The highest BCUT2D eigenvalue weighted by atomic mass is 19.4. The van der Waals surface area contributed by atoms with Crippen molar-refractivity contribution in [1.82, 2.24) is 10.2 Å². The number of alkyl halides is 6. The van der Waals surface area contributed by atoms with Gasteiger partial charge in [0.25, 0.3) is 0 Å². The third-order valence-electron chi connectivity index (χ3n) is 4.83. The summed E-state index contributed by atoms with van der Waals surface area (Å²) in [6.45, 7) is 0.736. The maximum absolute atomic E-state index is 13.9. The highest BCUT2D eigenvalue weighted by Crippen LogP contribution is 2.44. The van der Waals surface area contributed by atoms with Gasteiger partial charge in [-0.25, -0.2) is 9.18 Å². The first-order valence-corrected chi connectivity index (χ1v) is 10.3. The average Bonchev–Trinajstić information content (AvgIpc) is 2.77. The lowest BCUT2D eigenvalue weighted by Crippen LogP contribution is -2.30. The molecule has 196 valence electrons. The van der Waals surface area contributed by atoms with Crippen LogP contribution in [0.15, 0.2) is 42.6 Å². The number of rotatable bonds is 8. The van der Waals surface area contributed by atoms with E-state index in [9.17, 15) is 35.5 Å². The molecule has 2 N–H and O–H groups in total. The summed E-state index contributed by atoms with van der Waals surface area (Å²) in [6.07, 6.45) is -10.3. The number of nitrogens with zero attached hydrogens (tertiary/aromatic N) is 2. The van der Waals surface area contributed by atoms with E-state index in [0.717, 1.165) is 42.4 Å². The van der Waals surface area contributed by atoms with Crippen molar-refractivity contribution in [3.05, 3.63) is 65.1 Å². The number of amides is 1. The largest absolute Gasteiger partial charge is 0.420 e. The normalized spacial score (nSPS) is 12.5. The molecule has 0 saturated carbocycles. The quantitative estimate of drug-likeness (QED) is 0.269. The number of allylic oxidation sites excluding steroid dienone is 1. The van der Waals surface area contributed by atoms with Gasteiger partial charge in [0, 0.05) is 49.4 Å². The molecule has 13 heteroatoms. The number of benzene rings is 2. The third-order valence-corrected chi connectivity index (χ3v) is 4.83. The molecule has 0 atom stereocenters. The van der Waals surface area contributed by atoms with Crippen LogP contribution in [0.2, 0.25) is 0 Å². The van der Waals surface area contributed by atoms with Crippen molar-refractivity contribution in [2.45, 2.75) is 12.4 Å². The molecule has 0 saturated heterocycles. The van der Waals surface area contributed by atoms with E-state index in [-0.39, 0.29) is 18.3 Å². The topological polar surface area (TPSA) is 68.7 Å². The Labute approximate surface area is 202 Å². The van der Waals surface area contributed by atoms with Crippen LogP contribution in [0.25, 0.3) is 5.57 Å². The number of likely N-dealkylation sites (N-methyl/N-ethyl adjacent to an activating group) is 1. The highest BCUT2D eigenvalue weighted by Gasteiger charge is 2.41. The first kappa shape index (κ1) is 28.6. The van der Waals surface area contributed by atoms with E-state index in [0.29, 0.717) is 18.8 Å². The molecule has 0 aliphatic rings. The number of hydrogen-bond donors (Lipinski definition) is 2. The number of hydrogen-bond acceptors (Lipinski definition) is 5. The Morgan fingerprint density at radius 1 is 1.03 bits per heavy atom. The third kappa shape index (κ3) is 7.44. The van der Waals surface area contributed by atoms with Gasteiger partial charge in [-0.3, -0.25) is 4.90 Å². The summed E-state index contributed by atoms with van der Waals surface area (Å²) >= 11 is 0. The Hall–Kier alpha value is -3.61. The zero-order valence-corrected chi connectivity index (χ0v) is 19.4. The fourth-order valence-electron chi connectivity index (χ4n) is 2.92. The number of carbonyl (C=O) groups excluding carboxylic acids is 1. The zero-order chi connectivity index (χ0) is 27.3. The Morgan fingerprint density at radius 3 is 2.14 bits per heavy atom. The lowest BCUT2D eigenvalue weighted by molar-refractivity contribution is -0.143. The molecule has 0 fully saturated rings. The Balaban J connectivity index is 2.64. The van der Waals surface area contributed by atoms with Gasteiger partial charge in [0.05, 0.1) is 11.1 Å². The van der Waals surface area contributed by atoms with Gasteiger partial charge < -0.3 is 20.4 Å². The molecule has 0 bridgehead atoms. The molecule has 0 spiro atoms. The predicted octanol–water partition coefficient (Wildman–Crippen LogP) is 5.64. The minimum atomic E-state index is -5.34. The second-order valence-corrected chi connectivity index (χ2v) is 7.80. The van der Waals surface area contributed by atoms with Crippen LogP contribution < -0.4 is 15.0 Å². The van der Waals surface area contributed by atoms with Crippen LogP contribution in [0.5, 0.6) is 5.75 Å². The number of ether oxygens (including phenoxy) is 1. The second-order valence-electron chi connectivity index (χ2n) is 7.80. The van der Waals surface area contributed by atoms with E-state index < -0.39 is 52.3 Å². The lowest BCUT2D eigenvalue weighted by Gasteiger charge is -2.22. The summed E-state index contributed by atoms with van der Waals surface area (Å²) in [5, 5.41) is 10.3. The van der Waals surface area contributed by atoms with Crippen LogP contribution >= 0.6 is 0 Å². The van der Waals surface area contributed by atoms with E-state index in [1.54, 1.807) is 19.0 Å². The number of anilines is 1. The summed E-state index contributed by atoms with van der Waals surface area (Å²) in [5.41, 5.74) is -4.61. The van der Waals surface area contributed by atoms with Crippen molar-refractivity contribution >= 4 is 23.6 Å². The van der Waals surface area contributed by atoms with Crippen LogP contribution in [0.4, 0.5) is 41.2 Å². The summed E-state index contributed by atoms with van der Waals surface area (Å²) in [6, 6.07) is 4.53. The molecule has 0 heterocycles. The van der Waals surface area contributed by atoms with Crippen LogP contribution in [0.3, 0.4) is 0 Å². The Morgan fingerprint density at radius 2 is 1.64 bits per heavy atom. The van der Waals surface area contributed by atoms with E-state index >= 15 is 0 Å². The van der Waals surface area contributed by atoms with Gasteiger partial charge in [-0.1, -0.05) is 0 Å². The van der Waals surface area contributed by atoms with Crippen LogP contribution in [-0.4, -0.2) is 51.4 Å². The summed E-state index contributed by atoms with van der Waals surface area (Å²) < 4.78 is 100. The van der Waals surface area contributed by atoms with Crippen molar-refractivity contribution in [2.24, 2.45) is 0 Å². The molecule has 6 nitrogen and oxygen atoms in total. The minimum Gasteiger partial charge on any atom is -0.409 e. The van der Waals surface area contributed by atoms with Crippen LogP contribution in [0, 0.1) is 11.2 Å². The SMILES string of the molecule is CN(C)CCN/C=C(\C=N)c1cc(C(F)(F)F)cc(C(F)(F)F)c1OC(=O)N(C)c1ccc(F)cc1. The van der Waals surface area contributed by atoms with Crippen molar-refractivity contribution in [3.63, 3.8) is 0 Å². The van der Waals surface area contributed by atoms with E-state index in [2.05, 4.69) is 5.32 Å². The molecule has 2 aromatic carbocycles. The number of carbonyl (C=O) groups is 1. The van der Waals surface area contributed by atoms with Gasteiger partial charge in [-0.05, 0) is 50.5 Å². The first-order valence-electron chi connectivity index (χ1n) is 10.3. The molecular weight excluding hydrogens is 497 g/mol. The zero-order valence-electron chi connectivity index (χ0n) is 19.4. The van der Waals surface area contributed by atoms with Gasteiger partial charge in [0.1, 0.15) is 5.82 Å². The molecule has 36 heavy (non-hydrogen) atoms. The monoisotopic (exact) mass is 520 g/mol. The van der Waals surface area contributed by atoms with Gasteiger partial charge in [-0.2, -0.15) is 26.3 Å². The molecule has 0 aromatic heterocycles. The van der Waals surface area contributed by atoms with Crippen molar-refractivity contribution in [2.75, 3.05) is 39.1 Å². The van der Waals surface area contributed by atoms with Gasteiger partial charge in [0.2, 0.25) is 0 Å².